The van der Waals surface area contributed by atoms with Gasteiger partial charge in [-0.25, -0.2) is 24.6 Å². The van der Waals surface area contributed by atoms with Crippen LogP contribution < -0.4 is 23.7 Å². The zero-order valence-corrected chi connectivity index (χ0v) is 73.0. The van der Waals surface area contributed by atoms with Crippen molar-refractivity contribution in [2.75, 3.05) is 21.3 Å². The van der Waals surface area contributed by atoms with Gasteiger partial charge in [0.1, 0.15) is 65.2 Å². The summed E-state index contributed by atoms with van der Waals surface area (Å²) < 4.78 is 35.9. The van der Waals surface area contributed by atoms with Gasteiger partial charge in [-0.3, -0.25) is 0 Å². The summed E-state index contributed by atoms with van der Waals surface area (Å²) >= 11 is 21.6. The van der Waals surface area contributed by atoms with Crippen LogP contribution in [0.5, 0.6) is 34.5 Å². The number of alkyl halides is 1. The first kappa shape index (κ1) is 84.8. The third kappa shape index (κ3) is 19.8. The maximum absolute atomic E-state index is 9.57. The molecule has 3 saturated carbocycles. The highest BCUT2D eigenvalue weighted by Crippen LogP contribution is 2.43. The van der Waals surface area contributed by atoms with Crippen molar-refractivity contribution in [3.63, 3.8) is 0 Å². The lowest BCUT2D eigenvalue weighted by atomic mass is 9.95. The van der Waals surface area contributed by atoms with Gasteiger partial charge in [0.2, 0.25) is 5.82 Å². The van der Waals surface area contributed by atoms with Gasteiger partial charge in [0.05, 0.1) is 67.6 Å². The van der Waals surface area contributed by atoms with Crippen LogP contribution in [0.3, 0.4) is 0 Å². The molecule has 19 rings (SSSR count). The average Bonchev–Trinajstić information content (AvgIpc) is 1.64. The third-order valence-corrected chi connectivity index (χ3v) is 24.8. The molecule has 624 valence electrons. The molecule has 0 unspecified atom stereocenters. The number of tetrazole rings is 1. The minimum absolute atomic E-state index is 0.259. The summed E-state index contributed by atoms with van der Waals surface area (Å²) in [5.74, 6) is 7.69. The number of hydrogen-bond acceptors (Lipinski definition) is 12. The van der Waals surface area contributed by atoms with Gasteiger partial charge in [-0.1, -0.05) is 175 Å². The van der Waals surface area contributed by atoms with Crippen LogP contribution in [0.2, 0.25) is 15.1 Å². The molecular weight excluding hydrogens is 1680 g/mol. The van der Waals surface area contributed by atoms with Crippen LogP contribution in [-0.2, 0) is 18.5 Å². The Labute approximate surface area is 745 Å². The van der Waals surface area contributed by atoms with Crippen molar-refractivity contribution in [2.45, 2.75) is 133 Å². The molecule has 12 aromatic carbocycles. The number of H-pyrrole nitrogens is 1. The molecule has 0 saturated heterocycles. The van der Waals surface area contributed by atoms with E-state index in [1.807, 2.05) is 188 Å². The number of halogens is 4. The average molecular weight is 1770 g/mol. The molecule has 22 heteroatoms. The van der Waals surface area contributed by atoms with Crippen LogP contribution in [0.15, 0.2) is 255 Å². The monoisotopic (exact) mass is 1760 g/mol. The number of methoxy groups -OCH3 is 3. The largest absolute Gasteiger partial charge is 0.508 e. The second-order valence-corrected chi connectivity index (χ2v) is 33.1. The van der Waals surface area contributed by atoms with Crippen molar-refractivity contribution in [1.82, 2.24) is 49.3 Å². The molecule has 0 bridgehead atoms. The first-order valence-electron chi connectivity index (χ1n) is 41.9. The summed E-state index contributed by atoms with van der Waals surface area (Å²) in [5.41, 5.74) is 21.1. The highest BCUT2D eigenvalue weighted by atomic mass is 79.9. The van der Waals surface area contributed by atoms with Gasteiger partial charge >= 0.3 is 0 Å². The molecule has 4 aromatic heterocycles. The molecule has 0 spiro atoms. The van der Waals surface area contributed by atoms with Gasteiger partial charge in [-0.15, -0.1) is 10.2 Å². The summed E-state index contributed by atoms with van der Waals surface area (Å²) in [7, 11) is 5.02. The number of aromatic hydroxyl groups is 1. The lowest BCUT2D eigenvalue weighted by Crippen LogP contribution is -2.14. The van der Waals surface area contributed by atoms with Crippen LogP contribution in [-0.4, -0.2) is 75.7 Å². The molecule has 0 radical (unpaired) electrons. The Morgan fingerprint density at radius 3 is 1.05 bits per heavy atom. The number of ether oxygens (including phenoxy) is 5. The van der Waals surface area contributed by atoms with Gasteiger partial charge < -0.3 is 42.5 Å². The van der Waals surface area contributed by atoms with E-state index < -0.39 is 0 Å². The fraction of sp³-hybridized carbons (Fsp3) is 0.235. The Kier molecular flexibility index (Phi) is 27.4. The predicted molar refractivity (Wildman–Crippen MR) is 501 cm³/mol. The molecule has 3 aliphatic rings. The summed E-state index contributed by atoms with van der Waals surface area (Å²) in [6.45, 7) is 15.4. The second-order valence-electron chi connectivity index (χ2n) is 31.2. The normalized spacial score (nSPS) is 13.6. The van der Waals surface area contributed by atoms with E-state index in [0.717, 1.165) is 177 Å². The van der Waals surface area contributed by atoms with Crippen LogP contribution in [0.1, 0.15) is 131 Å². The quantitative estimate of drug-likeness (QED) is 0.0545. The number of nitrogens with one attached hydrogen (secondary N) is 1. The van der Waals surface area contributed by atoms with Gasteiger partial charge in [0.15, 0.2) is 11.4 Å². The summed E-state index contributed by atoms with van der Waals surface area (Å²) in [5, 5.41) is 27.1. The van der Waals surface area contributed by atoms with E-state index >= 15 is 0 Å². The number of hydrogen-bond donors (Lipinski definition) is 2. The van der Waals surface area contributed by atoms with E-state index in [1.165, 1.54) is 81.8 Å². The molecular formula is C102H92BrCl3N12O6. The Morgan fingerprint density at radius 2 is 0.702 bits per heavy atom. The van der Waals surface area contributed by atoms with E-state index in [2.05, 4.69) is 115 Å². The Morgan fingerprint density at radius 1 is 0.379 bits per heavy atom. The number of aromatic amines is 1. The number of phenols is 1. The molecule has 2 N–H and O–H groups in total. The summed E-state index contributed by atoms with van der Waals surface area (Å²) in [6.07, 6.45) is 18.3. The Hall–Kier alpha value is -12.8. The SMILES string of the molecule is COc1ccc(-c2ccc(Cl)cc2)c(CBr)c1.COc1ccc(-c2ccc(Cl)cc2)c(COc2ccc(-c3nc4cc(-c5nn[nH]n5)ccc4n3C3CCCCC3)cc2)c1.[C-]#[N+]c1ccc2c(c1)nc(-c1ccc(O)cc1)n2C1CCCCC1.[C-]#[N+]c1ccc2c(c1)nc(-c1ccc(OCc3cc(OC)ccc3-c3ccc(Cl)cc3)cc1)n2C1CCCCC1. The minimum Gasteiger partial charge on any atom is -0.508 e. The second kappa shape index (κ2) is 40.1. The molecule has 3 fully saturated rings. The van der Waals surface area contributed by atoms with Crippen LogP contribution in [0.25, 0.3) is 122 Å². The Bertz CT molecular complexity index is 6430. The third-order valence-electron chi connectivity index (χ3n) is 23.4. The number of rotatable bonds is 20. The highest BCUT2D eigenvalue weighted by Gasteiger charge is 2.27. The van der Waals surface area contributed by atoms with Crippen molar-refractivity contribution >= 4 is 95.2 Å². The maximum atomic E-state index is 9.57. The number of fused-ring (bicyclic) bond motifs is 3. The maximum Gasteiger partial charge on any atom is 0.204 e. The van der Waals surface area contributed by atoms with Crippen LogP contribution >= 0.6 is 50.7 Å². The van der Waals surface area contributed by atoms with E-state index in [-0.39, 0.29) is 5.75 Å². The zero-order valence-electron chi connectivity index (χ0n) is 69.1. The molecule has 0 amide bonds. The van der Waals surface area contributed by atoms with E-state index in [4.69, 9.17) is 86.6 Å². The van der Waals surface area contributed by atoms with Gasteiger partial charge in [-0.05, 0) is 271 Å². The molecule has 3 aliphatic carbocycles. The number of imidazole rings is 3. The predicted octanol–water partition coefficient (Wildman–Crippen LogP) is 28.3. The first-order valence-corrected chi connectivity index (χ1v) is 44.2. The van der Waals surface area contributed by atoms with E-state index in [1.54, 1.807) is 33.5 Å². The lowest BCUT2D eigenvalue weighted by molar-refractivity contribution is 0.305. The number of phenolic OH excluding ortho intramolecular Hbond substituents is 1. The zero-order chi connectivity index (χ0) is 85.4. The topological polar surface area (TPSA) is 183 Å². The number of aromatic nitrogens is 10. The summed E-state index contributed by atoms with van der Waals surface area (Å²) in [6, 6.07) is 84.4. The van der Waals surface area contributed by atoms with Gasteiger partial charge in [-0.2, -0.15) is 5.21 Å². The smallest absolute Gasteiger partial charge is 0.204 e. The Balaban J connectivity index is 0.000000129. The fourth-order valence-electron chi connectivity index (χ4n) is 17.1. The van der Waals surface area contributed by atoms with E-state index in [9.17, 15) is 5.11 Å². The standard InChI is InChI=1S/C34H31ClN6O2.C34H30ClN3O2.C20H19N3O.C14H12BrClO/c1-42-29-16-17-30(22-7-12-26(35)13-8-22)25(19-29)21-43-28-14-9-23(10-15-28)34-36-31-20-24(33-37-39-40-38-33)11-18-32(31)41(34)27-5-3-2-4-6-27;1-36-27-14-19-33-32(21-27)37-34(38(33)28-6-4-3-5-7-28)24-10-15-29(16-11-24)40-22-25-20-30(39-2)17-18-31(25)23-8-12-26(35)13-9-23;1-21-15-9-12-19-18(13-15)22-20(14-7-10-17(24)11-8-14)23(19)16-5-3-2-4-6-16;1-17-13-6-7-14(11(8-13)9-15)10-2-4-12(16)5-3-10/h7-20,27H,2-6,21H2,1H3,(H,37,38,39,40);8-21,28H,3-7,22H2,2H3;7-13,16,24H,2-6H2;2-8H,9H2,1H3. The van der Waals surface area contributed by atoms with Crippen molar-refractivity contribution in [2.24, 2.45) is 0 Å². The van der Waals surface area contributed by atoms with Crippen molar-refractivity contribution in [1.29, 1.82) is 0 Å². The summed E-state index contributed by atoms with van der Waals surface area (Å²) in [4.78, 5) is 22.1. The van der Waals surface area contributed by atoms with Gasteiger partial charge in [0.25, 0.3) is 0 Å². The first-order chi connectivity index (χ1) is 60.8. The molecule has 18 nitrogen and oxygen atoms in total. The van der Waals surface area contributed by atoms with Crippen molar-refractivity contribution in [3.8, 4) is 113 Å². The fourth-order valence-corrected chi connectivity index (χ4v) is 17.9. The molecule has 0 atom stereocenters. The molecule has 124 heavy (non-hydrogen) atoms. The number of benzene rings is 12. The van der Waals surface area contributed by atoms with Crippen molar-refractivity contribution in [3.05, 3.63) is 309 Å². The van der Waals surface area contributed by atoms with E-state index in [0.29, 0.717) is 58.6 Å². The van der Waals surface area contributed by atoms with Crippen LogP contribution in [0.4, 0.5) is 11.4 Å². The van der Waals surface area contributed by atoms with Crippen LogP contribution in [0, 0.1) is 13.1 Å². The minimum atomic E-state index is 0.259. The molecule has 16 aromatic rings. The van der Waals surface area contributed by atoms with Crippen molar-refractivity contribution < 1.29 is 28.8 Å². The van der Waals surface area contributed by atoms with Gasteiger partial charge in [0, 0.05) is 71.9 Å². The lowest BCUT2D eigenvalue weighted by Gasteiger charge is -2.25. The molecule has 4 heterocycles. The number of nitrogens with zero attached hydrogens (tertiary/aromatic N) is 11. The highest BCUT2D eigenvalue weighted by molar-refractivity contribution is 9.08. The molecule has 0 aliphatic heterocycles.